The normalized spacial score (nSPS) is 14.8. The first-order valence-electron chi connectivity index (χ1n) is 8.88. The Balaban J connectivity index is 1.55. The zero-order chi connectivity index (χ0) is 18.4. The van der Waals surface area contributed by atoms with Gasteiger partial charge < -0.3 is 19.7 Å². The van der Waals surface area contributed by atoms with Gasteiger partial charge in [0.15, 0.2) is 0 Å². The fourth-order valence-electron chi connectivity index (χ4n) is 3.31. The van der Waals surface area contributed by atoms with E-state index in [0.717, 1.165) is 31.7 Å². The molecule has 1 N–H and O–H groups in total. The molecule has 1 aromatic heterocycles. The summed E-state index contributed by atoms with van der Waals surface area (Å²) in [5.41, 5.74) is 0.448. The Kier molecular flexibility index (Phi) is 5.94. The van der Waals surface area contributed by atoms with Gasteiger partial charge in [0, 0.05) is 25.8 Å². The zero-order valence-electron chi connectivity index (χ0n) is 15.3. The smallest absolute Gasteiger partial charge is 0.258 e. The standard InChI is InChI=1S/C20H25N3O3/c1-25-16-6-5-7-17(26-2)19(16)20(24)22-14-15-9-12-23(13-10-15)18-8-3-4-11-21-18/h3-8,11,15H,9-10,12-14H2,1-2H3,(H,22,24). The number of aromatic nitrogens is 1. The maximum Gasteiger partial charge on any atom is 0.258 e. The molecule has 3 rings (SSSR count). The number of nitrogens with one attached hydrogen (secondary N) is 1. The summed E-state index contributed by atoms with van der Waals surface area (Å²) in [7, 11) is 3.11. The molecule has 2 heterocycles. The Morgan fingerprint density at radius 1 is 1.12 bits per heavy atom. The van der Waals surface area contributed by atoms with E-state index in [9.17, 15) is 4.79 Å². The van der Waals surface area contributed by atoms with Crippen molar-refractivity contribution in [1.82, 2.24) is 10.3 Å². The minimum absolute atomic E-state index is 0.161. The van der Waals surface area contributed by atoms with Crippen molar-refractivity contribution in [2.75, 3.05) is 38.8 Å². The van der Waals surface area contributed by atoms with Crippen LogP contribution < -0.4 is 19.7 Å². The summed E-state index contributed by atoms with van der Waals surface area (Å²) < 4.78 is 10.6. The summed E-state index contributed by atoms with van der Waals surface area (Å²) in [6, 6.07) is 11.3. The van der Waals surface area contributed by atoms with E-state index < -0.39 is 0 Å². The molecule has 0 spiro atoms. The van der Waals surface area contributed by atoms with Crippen molar-refractivity contribution in [2.24, 2.45) is 5.92 Å². The molecule has 1 aromatic carbocycles. The number of amides is 1. The van der Waals surface area contributed by atoms with E-state index in [1.165, 1.54) is 0 Å². The van der Waals surface area contributed by atoms with Crippen molar-refractivity contribution >= 4 is 11.7 Å². The van der Waals surface area contributed by atoms with Gasteiger partial charge in [-0.2, -0.15) is 0 Å². The van der Waals surface area contributed by atoms with Gasteiger partial charge in [0.05, 0.1) is 14.2 Å². The molecule has 0 bridgehead atoms. The third-order valence-electron chi connectivity index (χ3n) is 4.79. The Morgan fingerprint density at radius 2 is 1.81 bits per heavy atom. The Morgan fingerprint density at radius 3 is 2.38 bits per heavy atom. The number of methoxy groups -OCH3 is 2. The van der Waals surface area contributed by atoms with Gasteiger partial charge in [0.25, 0.3) is 5.91 Å². The van der Waals surface area contributed by atoms with Crippen LogP contribution in [0.2, 0.25) is 0 Å². The maximum absolute atomic E-state index is 12.6. The van der Waals surface area contributed by atoms with Gasteiger partial charge in [-0.25, -0.2) is 4.98 Å². The molecule has 1 aliphatic rings. The molecule has 1 saturated heterocycles. The van der Waals surface area contributed by atoms with Gasteiger partial charge >= 0.3 is 0 Å². The van der Waals surface area contributed by atoms with Gasteiger partial charge in [-0.1, -0.05) is 12.1 Å². The van der Waals surface area contributed by atoms with Crippen LogP contribution in [0, 0.1) is 5.92 Å². The number of hydrogen-bond donors (Lipinski definition) is 1. The third kappa shape index (κ3) is 4.07. The summed E-state index contributed by atoms with van der Waals surface area (Å²) in [6.07, 6.45) is 3.88. The Labute approximate surface area is 154 Å². The lowest BCUT2D eigenvalue weighted by Crippen LogP contribution is -2.39. The van der Waals surface area contributed by atoms with E-state index in [0.29, 0.717) is 29.5 Å². The van der Waals surface area contributed by atoms with Crippen LogP contribution in [0.25, 0.3) is 0 Å². The topological polar surface area (TPSA) is 63.7 Å². The van der Waals surface area contributed by atoms with Gasteiger partial charge in [0.2, 0.25) is 0 Å². The van der Waals surface area contributed by atoms with Crippen LogP contribution in [-0.4, -0.2) is 44.7 Å². The number of carbonyl (C=O) groups is 1. The molecule has 6 nitrogen and oxygen atoms in total. The van der Waals surface area contributed by atoms with Crippen molar-refractivity contribution < 1.29 is 14.3 Å². The highest BCUT2D eigenvalue weighted by Gasteiger charge is 2.22. The number of piperidine rings is 1. The Bertz CT molecular complexity index is 706. The molecule has 1 amide bonds. The van der Waals surface area contributed by atoms with Gasteiger partial charge in [-0.3, -0.25) is 4.79 Å². The van der Waals surface area contributed by atoms with Crippen LogP contribution >= 0.6 is 0 Å². The number of benzene rings is 1. The average Bonchev–Trinajstić information content (AvgIpc) is 2.72. The molecule has 0 atom stereocenters. The van der Waals surface area contributed by atoms with Crippen LogP contribution in [0.5, 0.6) is 11.5 Å². The molecule has 1 fully saturated rings. The van der Waals surface area contributed by atoms with Crippen molar-refractivity contribution in [1.29, 1.82) is 0 Å². The van der Waals surface area contributed by atoms with E-state index in [4.69, 9.17) is 9.47 Å². The van der Waals surface area contributed by atoms with Gasteiger partial charge in [0.1, 0.15) is 22.9 Å². The first-order chi connectivity index (χ1) is 12.7. The minimum atomic E-state index is -0.161. The molecule has 0 radical (unpaired) electrons. The number of rotatable bonds is 6. The van der Waals surface area contributed by atoms with Gasteiger partial charge in [-0.15, -0.1) is 0 Å². The third-order valence-corrected chi connectivity index (χ3v) is 4.79. The van der Waals surface area contributed by atoms with Crippen LogP contribution in [0.4, 0.5) is 5.82 Å². The molecule has 0 saturated carbocycles. The molecular formula is C20H25N3O3. The lowest BCUT2D eigenvalue weighted by atomic mass is 9.96. The SMILES string of the molecule is COc1cccc(OC)c1C(=O)NCC1CCN(c2ccccn2)CC1. The first-order valence-corrected chi connectivity index (χ1v) is 8.88. The highest BCUT2D eigenvalue weighted by molar-refractivity contribution is 5.99. The van der Waals surface area contributed by atoms with Crippen LogP contribution in [-0.2, 0) is 0 Å². The first kappa shape index (κ1) is 18.0. The van der Waals surface area contributed by atoms with Crippen molar-refractivity contribution in [2.45, 2.75) is 12.8 Å². The molecule has 26 heavy (non-hydrogen) atoms. The van der Waals surface area contributed by atoms with E-state index in [2.05, 4.69) is 15.2 Å². The number of nitrogens with zero attached hydrogens (tertiary/aromatic N) is 2. The fraction of sp³-hybridized carbons (Fsp3) is 0.400. The van der Waals surface area contributed by atoms with Gasteiger partial charge in [-0.05, 0) is 43.0 Å². The Hall–Kier alpha value is -2.76. The molecule has 6 heteroatoms. The van der Waals surface area contributed by atoms with E-state index in [-0.39, 0.29) is 5.91 Å². The van der Waals surface area contributed by atoms with Crippen LogP contribution in [0.1, 0.15) is 23.2 Å². The predicted octanol–water partition coefficient (Wildman–Crippen LogP) is 2.75. The molecule has 2 aromatic rings. The number of anilines is 1. The minimum Gasteiger partial charge on any atom is -0.496 e. The summed E-state index contributed by atoms with van der Waals surface area (Å²) >= 11 is 0. The lowest BCUT2D eigenvalue weighted by molar-refractivity contribution is 0.0938. The maximum atomic E-state index is 12.6. The summed E-state index contributed by atoms with van der Waals surface area (Å²) in [6.45, 7) is 2.56. The molecule has 138 valence electrons. The second kappa shape index (κ2) is 8.56. The van der Waals surface area contributed by atoms with Crippen molar-refractivity contribution in [3.63, 3.8) is 0 Å². The van der Waals surface area contributed by atoms with E-state index in [1.807, 2.05) is 30.5 Å². The average molecular weight is 355 g/mol. The number of ether oxygens (including phenoxy) is 2. The molecule has 0 unspecified atom stereocenters. The highest BCUT2D eigenvalue weighted by Crippen LogP contribution is 2.28. The number of hydrogen-bond acceptors (Lipinski definition) is 5. The molecule has 1 aliphatic heterocycles. The second-order valence-electron chi connectivity index (χ2n) is 6.37. The van der Waals surface area contributed by atoms with Crippen LogP contribution in [0.15, 0.2) is 42.6 Å². The van der Waals surface area contributed by atoms with Crippen molar-refractivity contribution in [3.05, 3.63) is 48.2 Å². The fourth-order valence-corrected chi connectivity index (χ4v) is 3.31. The summed E-state index contributed by atoms with van der Waals surface area (Å²) in [5.74, 6) is 2.36. The largest absolute Gasteiger partial charge is 0.496 e. The van der Waals surface area contributed by atoms with Crippen molar-refractivity contribution in [3.8, 4) is 11.5 Å². The van der Waals surface area contributed by atoms with E-state index >= 15 is 0 Å². The lowest BCUT2D eigenvalue weighted by Gasteiger charge is -2.32. The monoisotopic (exact) mass is 355 g/mol. The summed E-state index contributed by atoms with van der Waals surface area (Å²) in [4.78, 5) is 19.3. The molecule has 0 aliphatic carbocycles. The molecular weight excluding hydrogens is 330 g/mol. The summed E-state index contributed by atoms with van der Waals surface area (Å²) in [5, 5.41) is 3.04. The predicted molar refractivity (Wildman–Crippen MR) is 101 cm³/mol. The van der Waals surface area contributed by atoms with E-state index in [1.54, 1.807) is 26.4 Å². The quantitative estimate of drug-likeness (QED) is 0.863. The number of carbonyl (C=O) groups excluding carboxylic acids is 1. The zero-order valence-corrected chi connectivity index (χ0v) is 15.3. The number of pyridine rings is 1. The van der Waals surface area contributed by atoms with Crippen LogP contribution in [0.3, 0.4) is 0 Å². The second-order valence-corrected chi connectivity index (χ2v) is 6.37. The highest BCUT2D eigenvalue weighted by atomic mass is 16.5.